The molecule has 2 heteroatoms. The van der Waals surface area contributed by atoms with Crippen LogP contribution in [0, 0.1) is 6.92 Å². The lowest BCUT2D eigenvalue weighted by Gasteiger charge is -2.20. The van der Waals surface area contributed by atoms with Gasteiger partial charge in [-0.3, -0.25) is 0 Å². The van der Waals surface area contributed by atoms with E-state index in [0.29, 0.717) is 12.0 Å². The SMILES string of the molecule is [2H]c1c([2H])c([2H])c(O[C@H](CCNC)c2ccccc2)c(C)c1[2H]. The molecule has 0 amide bonds. The maximum absolute atomic E-state index is 8.08. The molecule has 1 N–H and O–H groups in total. The van der Waals surface area contributed by atoms with Crippen molar-refractivity contribution in [2.24, 2.45) is 0 Å². The smallest absolute Gasteiger partial charge is 0.125 e. The summed E-state index contributed by atoms with van der Waals surface area (Å²) in [5.74, 6) is 0.223. The van der Waals surface area contributed by atoms with Crippen molar-refractivity contribution in [2.75, 3.05) is 13.6 Å². The van der Waals surface area contributed by atoms with Gasteiger partial charge in [0, 0.05) is 6.42 Å². The average Bonchev–Trinajstić information content (AvgIpc) is 2.58. The molecule has 100 valence electrons. The van der Waals surface area contributed by atoms with Crippen LogP contribution in [0.2, 0.25) is 0 Å². The molecule has 0 aliphatic heterocycles. The molecule has 2 nitrogen and oxygen atoms in total. The van der Waals surface area contributed by atoms with Gasteiger partial charge in [0.2, 0.25) is 0 Å². The Morgan fingerprint density at radius 3 is 2.68 bits per heavy atom. The Morgan fingerprint density at radius 2 is 1.95 bits per heavy atom. The molecule has 0 spiro atoms. The molecule has 1 atom stereocenters. The van der Waals surface area contributed by atoms with E-state index in [1.54, 1.807) is 6.92 Å². The number of ether oxygens (including phenoxy) is 1. The summed E-state index contributed by atoms with van der Waals surface area (Å²) >= 11 is 0. The van der Waals surface area contributed by atoms with E-state index in [9.17, 15) is 0 Å². The van der Waals surface area contributed by atoms with Crippen molar-refractivity contribution >= 4 is 0 Å². The second-order valence-corrected chi connectivity index (χ2v) is 4.36. The Bertz CT molecular complexity index is 647. The van der Waals surface area contributed by atoms with Crippen LogP contribution in [0.3, 0.4) is 0 Å². The highest BCUT2D eigenvalue weighted by Crippen LogP contribution is 2.26. The second kappa shape index (κ2) is 6.95. The van der Waals surface area contributed by atoms with Gasteiger partial charge in [-0.05, 0) is 37.7 Å². The molecular weight excluding hydrogens is 234 g/mol. The van der Waals surface area contributed by atoms with Gasteiger partial charge in [-0.25, -0.2) is 0 Å². The first-order valence-electron chi connectivity index (χ1n) is 8.40. The molecule has 0 aliphatic rings. The number of rotatable bonds is 6. The van der Waals surface area contributed by atoms with Gasteiger partial charge in [-0.1, -0.05) is 48.5 Å². The van der Waals surface area contributed by atoms with Crippen LogP contribution in [0.25, 0.3) is 0 Å². The van der Waals surface area contributed by atoms with Crippen molar-refractivity contribution in [1.29, 1.82) is 0 Å². The lowest BCUT2D eigenvalue weighted by Crippen LogP contribution is -2.16. The number of hydrogen-bond acceptors (Lipinski definition) is 2. The minimum atomic E-state index is -0.276. The molecule has 19 heavy (non-hydrogen) atoms. The van der Waals surface area contributed by atoms with Gasteiger partial charge >= 0.3 is 0 Å². The van der Waals surface area contributed by atoms with E-state index in [4.69, 9.17) is 10.2 Å². The normalized spacial score (nSPS) is 15.1. The zero-order valence-electron chi connectivity index (χ0n) is 15.3. The number of hydrogen-bond donors (Lipinski definition) is 1. The summed E-state index contributed by atoms with van der Waals surface area (Å²) in [5, 5.41) is 3.08. The quantitative estimate of drug-likeness (QED) is 0.853. The standard InChI is InChI=1S/C17H21NO/c1-14-8-6-7-11-16(14)19-17(12-13-18-2)15-9-4-3-5-10-15/h3-11,17-18H,12-13H2,1-2H3/t17-/m1/s1/i6D,7D,8D,11D. The van der Waals surface area contributed by atoms with Crippen molar-refractivity contribution in [3.8, 4) is 5.75 Å². The molecular formula is C17H21NO. The first kappa shape index (κ1) is 9.16. The monoisotopic (exact) mass is 259 g/mol. The molecule has 2 aromatic carbocycles. The molecule has 0 unspecified atom stereocenters. The third-order valence-corrected chi connectivity index (χ3v) is 2.92. The van der Waals surface area contributed by atoms with Crippen LogP contribution in [0.1, 0.15) is 29.1 Å². The average molecular weight is 259 g/mol. The fourth-order valence-electron chi connectivity index (χ4n) is 1.86. The summed E-state index contributed by atoms with van der Waals surface area (Å²) in [5.41, 5.74) is 1.41. The van der Waals surface area contributed by atoms with Crippen molar-refractivity contribution in [3.05, 3.63) is 65.6 Å². The van der Waals surface area contributed by atoms with Crippen molar-refractivity contribution in [1.82, 2.24) is 5.32 Å². The van der Waals surface area contributed by atoms with Gasteiger partial charge in [0.1, 0.15) is 11.9 Å². The van der Waals surface area contributed by atoms with E-state index in [0.717, 1.165) is 12.1 Å². The lowest BCUT2D eigenvalue weighted by molar-refractivity contribution is 0.193. The van der Waals surface area contributed by atoms with Crippen LogP contribution >= 0.6 is 0 Å². The number of para-hydroxylation sites is 1. The van der Waals surface area contributed by atoms with E-state index in [2.05, 4.69) is 5.32 Å². The molecule has 0 fully saturated rings. The summed E-state index contributed by atoms with van der Waals surface area (Å²) in [6.45, 7) is 2.40. The summed E-state index contributed by atoms with van der Waals surface area (Å²) in [6.07, 6.45) is 0.421. The van der Waals surface area contributed by atoms with Crippen molar-refractivity contribution in [3.63, 3.8) is 0 Å². The summed E-state index contributed by atoms with van der Waals surface area (Å²) in [4.78, 5) is 0. The van der Waals surface area contributed by atoms with E-state index in [1.807, 2.05) is 37.4 Å². The summed E-state index contributed by atoms with van der Waals surface area (Å²) in [7, 11) is 1.86. The first-order valence-corrected chi connectivity index (χ1v) is 6.40. The Labute approximate surface area is 121 Å². The largest absolute Gasteiger partial charge is 0.485 e. The van der Waals surface area contributed by atoms with Crippen LogP contribution in [0.15, 0.2) is 54.5 Å². The fraction of sp³-hybridized carbons (Fsp3) is 0.294. The first-order chi connectivity index (χ1) is 11.0. The van der Waals surface area contributed by atoms with Gasteiger partial charge in [-0.15, -0.1) is 0 Å². The highest BCUT2D eigenvalue weighted by atomic mass is 16.5. The molecule has 2 aromatic rings. The van der Waals surface area contributed by atoms with Gasteiger partial charge < -0.3 is 10.1 Å². The molecule has 2 rings (SSSR count). The zero-order valence-corrected chi connectivity index (χ0v) is 11.3. The summed E-state index contributed by atoms with van der Waals surface area (Å²) in [6, 6.07) is 9.02. The molecule has 0 bridgehead atoms. The van der Waals surface area contributed by atoms with Crippen molar-refractivity contribution in [2.45, 2.75) is 19.4 Å². The number of nitrogens with one attached hydrogen (secondary N) is 1. The van der Waals surface area contributed by atoms with Crippen LogP contribution in [0.4, 0.5) is 0 Å². The van der Waals surface area contributed by atoms with Gasteiger partial charge in [0.15, 0.2) is 0 Å². The van der Waals surface area contributed by atoms with Gasteiger partial charge in [0.25, 0.3) is 0 Å². The Hall–Kier alpha value is -1.80. The second-order valence-electron chi connectivity index (χ2n) is 4.36. The summed E-state index contributed by atoms with van der Waals surface area (Å²) < 4.78 is 37.6. The van der Waals surface area contributed by atoms with Gasteiger partial charge in [0.05, 0.1) is 5.48 Å². The fourth-order valence-corrected chi connectivity index (χ4v) is 1.86. The minimum Gasteiger partial charge on any atom is -0.485 e. The van der Waals surface area contributed by atoms with E-state index in [1.165, 1.54) is 0 Å². The predicted octanol–water partition coefficient (Wildman–Crippen LogP) is 3.72. The minimum absolute atomic E-state index is 0.0542. The number of benzene rings is 2. The van der Waals surface area contributed by atoms with Crippen LogP contribution in [0.5, 0.6) is 5.75 Å². The van der Waals surface area contributed by atoms with Crippen LogP contribution < -0.4 is 10.1 Å². The van der Waals surface area contributed by atoms with Crippen LogP contribution in [-0.2, 0) is 0 Å². The lowest BCUT2D eigenvalue weighted by atomic mass is 10.1. The molecule has 0 heterocycles. The Kier molecular flexibility index (Phi) is 3.35. The third-order valence-electron chi connectivity index (χ3n) is 2.92. The predicted molar refractivity (Wildman–Crippen MR) is 79.5 cm³/mol. The molecule has 0 saturated heterocycles. The Balaban J connectivity index is 2.41. The molecule has 0 aliphatic carbocycles. The highest BCUT2D eigenvalue weighted by molar-refractivity contribution is 5.33. The topological polar surface area (TPSA) is 21.3 Å². The Morgan fingerprint density at radius 1 is 1.21 bits per heavy atom. The van der Waals surface area contributed by atoms with E-state index in [-0.39, 0.29) is 36.0 Å². The van der Waals surface area contributed by atoms with Crippen molar-refractivity contribution < 1.29 is 10.2 Å². The maximum atomic E-state index is 8.08. The van der Waals surface area contributed by atoms with E-state index >= 15 is 0 Å². The third kappa shape index (κ3) is 3.83. The van der Waals surface area contributed by atoms with Gasteiger partial charge in [-0.2, -0.15) is 0 Å². The zero-order chi connectivity index (χ0) is 17.0. The highest BCUT2D eigenvalue weighted by Gasteiger charge is 2.13. The maximum Gasteiger partial charge on any atom is 0.125 e. The van der Waals surface area contributed by atoms with E-state index < -0.39 is 0 Å². The molecule has 0 aromatic heterocycles. The molecule has 0 saturated carbocycles. The molecule has 0 radical (unpaired) electrons. The van der Waals surface area contributed by atoms with Crippen LogP contribution in [-0.4, -0.2) is 13.6 Å².